The van der Waals surface area contributed by atoms with Crippen molar-refractivity contribution >= 4 is 11.2 Å². The number of H-pyrrole nitrogens is 1. The Balaban J connectivity index is 2.89. The minimum Gasteiger partial charge on any atom is -0.304 e. The minimum atomic E-state index is -0.177. The van der Waals surface area contributed by atoms with E-state index in [0.717, 1.165) is 11.1 Å². The third-order valence-corrected chi connectivity index (χ3v) is 1.85. The number of rotatable bonds is 0. The Kier molecular flexibility index (Phi) is 1.62. The Labute approximate surface area is 74.7 Å². The van der Waals surface area contributed by atoms with Crippen LogP contribution in [0, 0.1) is 13.8 Å². The molecule has 0 aliphatic heterocycles. The van der Waals surface area contributed by atoms with Gasteiger partial charge in [0, 0.05) is 6.20 Å². The van der Waals surface area contributed by atoms with Gasteiger partial charge >= 0.3 is 0 Å². The van der Waals surface area contributed by atoms with E-state index < -0.39 is 0 Å². The van der Waals surface area contributed by atoms with Crippen molar-refractivity contribution in [2.45, 2.75) is 13.8 Å². The van der Waals surface area contributed by atoms with Crippen molar-refractivity contribution in [1.82, 2.24) is 15.0 Å². The first kappa shape index (κ1) is 7.91. The lowest BCUT2D eigenvalue weighted by Crippen LogP contribution is -2.12. The molecule has 0 saturated heterocycles. The smallest absolute Gasteiger partial charge is 0.270 e. The fourth-order valence-electron chi connectivity index (χ4n) is 1.16. The van der Waals surface area contributed by atoms with E-state index in [9.17, 15) is 4.79 Å². The highest BCUT2D eigenvalue weighted by Gasteiger charge is 2.00. The molecule has 0 bridgehead atoms. The topological polar surface area (TPSA) is 58.6 Å². The summed E-state index contributed by atoms with van der Waals surface area (Å²) in [7, 11) is 0. The van der Waals surface area contributed by atoms with E-state index in [1.165, 1.54) is 0 Å². The van der Waals surface area contributed by atoms with Crippen LogP contribution in [0.4, 0.5) is 0 Å². The molecule has 2 heterocycles. The SMILES string of the molecule is Cc1cnc2[nH]c(=O)c(C)nc2c1. The molecule has 0 unspecified atom stereocenters. The summed E-state index contributed by atoms with van der Waals surface area (Å²) in [6, 6.07) is 1.89. The lowest BCUT2D eigenvalue weighted by atomic mass is 10.3. The van der Waals surface area contributed by atoms with Crippen LogP contribution in [-0.2, 0) is 0 Å². The molecule has 4 nitrogen and oxygen atoms in total. The molecule has 13 heavy (non-hydrogen) atoms. The molecular weight excluding hydrogens is 166 g/mol. The molecule has 0 fully saturated rings. The number of nitrogens with zero attached hydrogens (tertiary/aromatic N) is 2. The molecule has 0 saturated carbocycles. The summed E-state index contributed by atoms with van der Waals surface area (Å²) in [5, 5.41) is 0. The Hall–Kier alpha value is -1.71. The van der Waals surface area contributed by atoms with Crippen LogP contribution in [-0.4, -0.2) is 15.0 Å². The van der Waals surface area contributed by atoms with Gasteiger partial charge < -0.3 is 4.98 Å². The molecule has 0 spiro atoms. The quantitative estimate of drug-likeness (QED) is 0.648. The maximum Gasteiger partial charge on any atom is 0.270 e. The Morgan fingerprint density at radius 3 is 2.92 bits per heavy atom. The second-order valence-electron chi connectivity index (χ2n) is 3.03. The molecule has 4 heteroatoms. The molecule has 0 aliphatic carbocycles. The van der Waals surface area contributed by atoms with E-state index in [1.807, 2.05) is 13.0 Å². The van der Waals surface area contributed by atoms with Crippen molar-refractivity contribution in [2.24, 2.45) is 0 Å². The standard InChI is InChI=1S/C9H9N3O/c1-5-3-7-8(10-4-5)12-9(13)6(2)11-7/h3-4H,1-2H3,(H,10,12,13). The van der Waals surface area contributed by atoms with Crippen molar-refractivity contribution in [3.63, 3.8) is 0 Å². The van der Waals surface area contributed by atoms with E-state index in [-0.39, 0.29) is 5.56 Å². The van der Waals surface area contributed by atoms with Gasteiger partial charge in [-0.3, -0.25) is 4.79 Å². The molecule has 1 N–H and O–H groups in total. The van der Waals surface area contributed by atoms with Gasteiger partial charge in [0.25, 0.3) is 5.56 Å². The lowest BCUT2D eigenvalue weighted by Gasteiger charge is -1.98. The zero-order chi connectivity index (χ0) is 9.42. The molecule has 66 valence electrons. The lowest BCUT2D eigenvalue weighted by molar-refractivity contribution is 1.09. The molecular formula is C9H9N3O. The molecule has 0 aliphatic rings. The summed E-state index contributed by atoms with van der Waals surface area (Å²) >= 11 is 0. The van der Waals surface area contributed by atoms with Gasteiger partial charge in [-0.15, -0.1) is 0 Å². The number of nitrogens with one attached hydrogen (secondary N) is 1. The zero-order valence-electron chi connectivity index (χ0n) is 7.46. The molecule has 0 amide bonds. The van der Waals surface area contributed by atoms with Gasteiger partial charge in [-0.1, -0.05) is 0 Å². The summed E-state index contributed by atoms with van der Waals surface area (Å²) in [5.74, 6) is 0. The van der Waals surface area contributed by atoms with Crippen LogP contribution < -0.4 is 5.56 Å². The zero-order valence-corrected chi connectivity index (χ0v) is 7.46. The Morgan fingerprint density at radius 1 is 1.38 bits per heavy atom. The average Bonchev–Trinajstić information content (AvgIpc) is 2.08. The average molecular weight is 175 g/mol. The van der Waals surface area contributed by atoms with Crippen LogP contribution in [0.25, 0.3) is 11.2 Å². The summed E-state index contributed by atoms with van der Waals surface area (Å²) in [6.07, 6.45) is 1.70. The molecule has 2 aromatic rings. The van der Waals surface area contributed by atoms with Crippen LogP contribution in [0.5, 0.6) is 0 Å². The van der Waals surface area contributed by atoms with E-state index in [4.69, 9.17) is 0 Å². The predicted molar refractivity (Wildman–Crippen MR) is 49.6 cm³/mol. The number of fused-ring (bicyclic) bond motifs is 1. The second-order valence-corrected chi connectivity index (χ2v) is 3.03. The number of pyridine rings is 1. The Bertz CT molecular complexity index is 516. The van der Waals surface area contributed by atoms with Crippen LogP contribution in [0.1, 0.15) is 11.3 Å². The largest absolute Gasteiger partial charge is 0.304 e. The number of hydrogen-bond donors (Lipinski definition) is 1. The molecule has 0 atom stereocenters. The fourth-order valence-corrected chi connectivity index (χ4v) is 1.16. The summed E-state index contributed by atoms with van der Waals surface area (Å²) in [6.45, 7) is 3.62. The number of aryl methyl sites for hydroxylation is 2. The molecule has 2 rings (SSSR count). The maximum absolute atomic E-state index is 11.2. The minimum absolute atomic E-state index is 0.177. The first-order valence-corrected chi connectivity index (χ1v) is 4.00. The normalized spacial score (nSPS) is 10.6. The van der Waals surface area contributed by atoms with Crippen molar-refractivity contribution in [3.8, 4) is 0 Å². The van der Waals surface area contributed by atoms with Gasteiger partial charge in [0.2, 0.25) is 0 Å². The van der Waals surface area contributed by atoms with Crippen molar-refractivity contribution in [1.29, 1.82) is 0 Å². The summed E-state index contributed by atoms with van der Waals surface area (Å²) < 4.78 is 0. The maximum atomic E-state index is 11.2. The van der Waals surface area contributed by atoms with E-state index in [0.29, 0.717) is 11.3 Å². The first-order chi connectivity index (χ1) is 6.16. The number of hydrogen-bond acceptors (Lipinski definition) is 3. The highest BCUT2D eigenvalue weighted by atomic mass is 16.1. The third kappa shape index (κ3) is 1.30. The van der Waals surface area contributed by atoms with Gasteiger partial charge in [0.15, 0.2) is 5.65 Å². The van der Waals surface area contributed by atoms with Crippen molar-refractivity contribution in [3.05, 3.63) is 33.9 Å². The highest BCUT2D eigenvalue weighted by Crippen LogP contribution is 2.05. The molecule has 0 radical (unpaired) electrons. The van der Waals surface area contributed by atoms with Gasteiger partial charge in [0.05, 0.1) is 0 Å². The second kappa shape index (κ2) is 2.65. The van der Waals surface area contributed by atoms with Gasteiger partial charge in [-0.25, -0.2) is 9.97 Å². The number of aromatic amines is 1. The van der Waals surface area contributed by atoms with Crippen LogP contribution >= 0.6 is 0 Å². The van der Waals surface area contributed by atoms with Crippen LogP contribution in [0.15, 0.2) is 17.1 Å². The summed E-state index contributed by atoms with van der Waals surface area (Å²) in [4.78, 5) is 22.0. The third-order valence-electron chi connectivity index (χ3n) is 1.85. The predicted octanol–water partition coefficient (Wildman–Crippen LogP) is 0.935. The first-order valence-electron chi connectivity index (χ1n) is 4.00. The highest BCUT2D eigenvalue weighted by molar-refractivity contribution is 5.69. The van der Waals surface area contributed by atoms with Crippen LogP contribution in [0.2, 0.25) is 0 Å². The molecule has 2 aromatic heterocycles. The monoisotopic (exact) mass is 175 g/mol. The fraction of sp³-hybridized carbons (Fsp3) is 0.222. The summed E-state index contributed by atoms with van der Waals surface area (Å²) in [5.41, 5.74) is 2.61. The van der Waals surface area contributed by atoms with Gasteiger partial charge in [-0.2, -0.15) is 0 Å². The van der Waals surface area contributed by atoms with Crippen molar-refractivity contribution in [2.75, 3.05) is 0 Å². The van der Waals surface area contributed by atoms with Gasteiger partial charge in [-0.05, 0) is 25.5 Å². The van der Waals surface area contributed by atoms with E-state index in [1.54, 1.807) is 13.1 Å². The Morgan fingerprint density at radius 2 is 2.15 bits per heavy atom. The van der Waals surface area contributed by atoms with E-state index in [2.05, 4.69) is 15.0 Å². The van der Waals surface area contributed by atoms with Gasteiger partial charge in [0.1, 0.15) is 11.2 Å². The van der Waals surface area contributed by atoms with Crippen LogP contribution in [0.3, 0.4) is 0 Å². The van der Waals surface area contributed by atoms with Crippen molar-refractivity contribution < 1.29 is 0 Å². The molecule has 0 aromatic carbocycles. The number of aromatic nitrogens is 3. The van der Waals surface area contributed by atoms with E-state index >= 15 is 0 Å².